The molecule has 0 saturated heterocycles. The molecule has 0 N–H and O–H groups in total. The number of aryl methyl sites for hydroxylation is 2. The van der Waals surface area contributed by atoms with E-state index in [9.17, 15) is 2.74 Å². The number of nitrogens with zero attached hydrogens (tertiary/aromatic N) is 4. The first-order valence-electron chi connectivity index (χ1n) is 32.8. The standard InChI is InChI=1S/C76H62N4O/c1-48-20-18-21-49(2)72(48)53-41-65(51-32-34-54(35-33-51)75(3,4)5)73-66(42-53)61-28-14-12-26-59(61)60-27-13-15-29-62(60)67-40-52(50-22-10-9-11-23-50)43-70-74(67)79(73)47-78(70)56-24-19-25-57(45-56)81-58-36-37-64-63-30-16-17-31-68(63)80(69(64)46-58)71-44-55(38-39-77-71)76(6,7)8/h9-46H,1-8H3/i1D3,2D3,9D,10D,11D,22D,23D. The zero-order valence-corrected chi connectivity index (χ0v) is 45.7. The number of ether oxygens (including phenoxy) is 1. The van der Waals surface area contributed by atoms with Crippen LogP contribution >= 0.6 is 0 Å². The van der Waals surface area contributed by atoms with E-state index in [0.717, 1.165) is 66.6 Å². The van der Waals surface area contributed by atoms with Crippen molar-refractivity contribution >= 4 is 32.8 Å². The molecule has 0 amide bonds. The van der Waals surface area contributed by atoms with Gasteiger partial charge in [0, 0.05) is 31.3 Å². The molecule has 0 spiro atoms. The van der Waals surface area contributed by atoms with Gasteiger partial charge in [0.2, 0.25) is 0 Å². The van der Waals surface area contributed by atoms with Crippen LogP contribution in [0.3, 0.4) is 0 Å². The Bertz CT molecular complexity index is 5140. The summed E-state index contributed by atoms with van der Waals surface area (Å²) in [6, 6.07) is 60.1. The fraction of sp³-hybridized carbons (Fsp3) is 0.132. The molecule has 0 aliphatic carbocycles. The average molecular weight is 1060 g/mol. The van der Waals surface area contributed by atoms with Crippen LogP contribution in [0.15, 0.2) is 231 Å². The monoisotopic (exact) mass is 1060 g/mol. The van der Waals surface area contributed by atoms with Gasteiger partial charge in [0.05, 0.1) is 40.3 Å². The molecule has 1 aliphatic rings. The Morgan fingerprint density at radius 3 is 1.83 bits per heavy atom. The molecule has 0 saturated carbocycles. The number of rotatable bonds is 7. The van der Waals surface area contributed by atoms with Crippen molar-refractivity contribution in [2.75, 3.05) is 0 Å². The fourth-order valence-electron chi connectivity index (χ4n) is 11.8. The van der Waals surface area contributed by atoms with Gasteiger partial charge >= 0.3 is 0 Å². The van der Waals surface area contributed by atoms with Gasteiger partial charge in [-0.05, 0) is 180 Å². The van der Waals surface area contributed by atoms with Crippen LogP contribution in [-0.2, 0) is 10.8 Å². The van der Waals surface area contributed by atoms with Gasteiger partial charge in [0.25, 0.3) is 6.33 Å². The summed E-state index contributed by atoms with van der Waals surface area (Å²) in [7, 11) is 0. The third-order valence-corrected chi connectivity index (χ3v) is 15.8. The van der Waals surface area contributed by atoms with Crippen LogP contribution in [0.1, 0.15) is 78.9 Å². The SMILES string of the molecule is [2H]c1c([2H])c([2H])c(-c2cc3c4c(c2)n(-c2cccc(Oc5ccc6c7ccccc7n(-c7cc(C(C)(C)C)ccn7)c6c5)c2)[c-][n+]4-c2c(-c4ccc(C(C)(C)C)cc4)cc(-c4c(C([2H])([2H])[2H])cccc4C([2H])([2H])[2H])cc2-c2ccccc2-c2ccccc2-3)c([2H])c1[2H]. The molecule has 392 valence electrons. The minimum absolute atomic E-state index is 0.0130. The lowest BCUT2D eigenvalue weighted by molar-refractivity contribution is -0.570. The van der Waals surface area contributed by atoms with Crippen molar-refractivity contribution in [3.63, 3.8) is 0 Å². The van der Waals surface area contributed by atoms with Crippen LogP contribution in [0.25, 0.3) is 117 Å². The molecule has 0 radical (unpaired) electrons. The normalized spacial score (nSPS) is 14.5. The third kappa shape index (κ3) is 8.54. The van der Waals surface area contributed by atoms with Crippen LogP contribution in [-0.4, -0.2) is 14.1 Å². The maximum absolute atomic E-state index is 9.40. The topological polar surface area (TPSA) is 35.9 Å². The predicted octanol–water partition coefficient (Wildman–Crippen LogP) is 19.5. The van der Waals surface area contributed by atoms with E-state index >= 15 is 0 Å². The maximum Gasteiger partial charge on any atom is 0.269 e. The zero-order valence-electron chi connectivity index (χ0n) is 56.7. The summed E-state index contributed by atoms with van der Waals surface area (Å²) in [6.07, 6.45) is 5.69. The molecule has 5 nitrogen and oxygen atoms in total. The molecule has 14 rings (SSSR count). The third-order valence-electron chi connectivity index (χ3n) is 15.8. The summed E-state index contributed by atoms with van der Waals surface area (Å²) in [5.41, 5.74) is 12.5. The Balaban J connectivity index is 1.08. The number of fused-ring (bicyclic) bond motifs is 10. The van der Waals surface area contributed by atoms with Crippen LogP contribution in [0, 0.1) is 20.0 Å². The maximum atomic E-state index is 9.40. The van der Waals surface area contributed by atoms with Gasteiger partial charge in [-0.3, -0.25) is 13.7 Å². The molecule has 4 heterocycles. The Hall–Kier alpha value is -9.58. The number of aromatic nitrogens is 4. The Morgan fingerprint density at radius 1 is 0.481 bits per heavy atom. The van der Waals surface area contributed by atoms with Crippen LogP contribution in [0.2, 0.25) is 0 Å². The van der Waals surface area contributed by atoms with Crippen molar-refractivity contribution in [1.29, 1.82) is 0 Å². The van der Waals surface area contributed by atoms with Crippen molar-refractivity contribution < 1.29 is 24.4 Å². The highest BCUT2D eigenvalue weighted by molar-refractivity contribution is 6.10. The molecule has 13 aromatic rings. The first-order valence-corrected chi connectivity index (χ1v) is 27.3. The molecule has 10 aromatic carbocycles. The second kappa shape index (κ2) is 19.1. The summed E-state index contributed by atoms with van der Waals surface area (Å²) in [6.45, 7) is 7.55. The summed E-state index contributed by atoms with van der Waals surface area (Å²) < 4.78 is 112. The van der Waals surface area contributed by atoms with Crippen molar-refractivity contribution in [2.45, 2.75) is 66.1 Å². The van der Waals surface area contributed by atoms with Crippen LogP contribution in [0.4, 0.5) is 0 Å². The molecule has 3 aromatic heterocycles. The lowest BCUT2D eigenvalue weighted by Crippen LogP contribution is -2.32. The van der Waals surface area contributed by atoms with Gasteiger partial charge in [0.1, 0.15) is 17.3 Å². The molecule has 5 heteroatoms. The number of benzene rings is 10. The minimum Gasteiger partial charge on any atom is -0.458 e. The predicted molar refractivity (Wildman–Crippen MR) is 335 cm³/mol. The molecule has 0 atom stereocenters. The first-order chi connectivity index (χ1) is 43.7. The van der Waals surface area contributed by atoms with E-state index in [1.54, 1.807) is 0 Å². The second-order valence-corrected chi connectivity index (χ2v) is 23.0. The van der Waals surface area contributed by atoms with Gasteiger partial charge in [-0.2, -0.15) is 0 Å². The summed E-state index contributed by atoms with van der Waals surface area (Å²) >= 11 is 0. The highest BCUT2D eigenvalue weighted by Crippen LogP contribution is 2.48. The number of hydrogen-bond acceptors (Lipinski definition) is 2. The molecule has 81 heavy (non-hydrogen) atoms. The van der Waals surface area contributed by atoms with E-state index in [4.69, 9.17) is 22.1 Å². The molecular weight excluding hydrogens is 985 g/mol. The van der Waals surface area contributed by atoms with Crippen molar-refractivity contribution in [2.24, 2.45) is 0 Å². The minimum atomic E-state index is -2.71. The highest BCUT2D eigenvalue weighted by atomic mass is 16.5. The van der Waals surface area contributed by atoms with Crippen molar-refractivity contribution in [3.8, 4) is 95.5 Å². The zero-order chi connectivity index (χ0) is 64.7. The Kier molecular flexibility index (Phi) is 9.16. The quantitative estimate of drug-likeness (QED) is 0.118. The average Bonchev–Trinajstić information content (AvgIpc) is 1.43. The molecule has 0 bridgehead atoms. The van der Waals surface area contributed by atoms with Gasteiger partial charge in [-0.1, -0.05) is 193 Å². The van der Waals surface area contributed by atoms with E-state index < -0.39 is 31.8 Å². The largest absolute Gasteiger partial charge is 0.458 e. The van der Waals surface area contributed by atoms with E-state index in [1.807, 2.05) is 149 Å². The lowest BCUT2D eigenvalue weighted by Gasteiger charge is -2.23. The number of hydrogen-bond donors (Lipinski definition) is 0. The van der Waals surface area contributed by atoms with Crippen LogP contribution < -0.4 is 9.30 Å². The summed E-state index contributed by atoms with van der Waals surface area (Å²) in [5, 5.41) is 2.10. The van der Waals surface area contributed by atoms with E-state index in [2.05, 4.69) is 94.9 Å². The van der Waals surface area contributed by atoms with Gasteiger partial charge in [-0.25, -0.2) is 4.98 Å². The second-order valence-electron chi connectivity index (χ2n) is 23.0. The lowest BCUT2D eigenvalue weighted by atomic mass is 9.84. The Morgan fingerprint density at radius 2 is 1.11 bits per heavy atom. The van der Waals surface area contributed by atoms with Gasteiger partial charge in [0.15, 0.2) is 0 Å². The number of para-hydroxylation sites is 1. The molecule has 1 aliphatic heterocycles. The van der Waals surface area contributed by atoms with Crippen molar-refractivity contribution in [3.05, 3.63) is 259 Å². The van der Waals surface area contributed by atoms with Crippen molar-refractivity contribution in [1.82, 2.24) is 14.1 Å². The summed E-state index contributed by atoms with van der Waals surface area (Å²) in [4.78, 5) is 4.90. The highest BCUT2D eigenvalue weighted by Gasteiger charge is 2.29. The van der Waals surface area contributed by atoms with Crippen LogP contribution in [0.5, 0.6) is 11.5 Å². The fourth-order valence-corrected chi connectivity index (χ4v) is 11.8. The molecule has 0 unspecified atom stereocenters. The Labute approximate surface area is 490 Å². The smallest absolute Gasteiger partial charge is 0.269 e. The molecule has 0 fully saturated rings. The number of imidazole rings is 1. The summed E-state index contributed by atoms with van der Waals surface area (Å²) in [5.74, 6) is 1.84. The van der Waals surface area contributed by atoms with Gasteiger partial charge in [-0.15, -0.1) is 0 Å². The first kappa shape index (κ1) is 38.9. The van der Waals surface area contributed by atoms with E-state index in [1.165, 1.54) is 18.2 Å². The van der Waals surface area contributed by atoms with E-state index in [-0.39, 0.29) is 45.2 Å². The number of pyridine rings is 1. The molecular formula is C76H62N4O. The van der Waals surface area contributed by atoms with Gasteiger partial charge < -0.3 is 4.74 Å². The van der Waals surface area contributed by atoms with E-state index in [0.29, 0.717) is 61.7 Å².